The van der Waals surface area contributed by atoms with E-state index in [1.165, 1.54) is 12.0 Å². The van der Waals surface area contributed by atoms with Gasteiger partial charge >= 0.3 is 0 Å². The van der Waals surface area contributed by atoms with Crippen molar-refractivity contribution < 1.29 is 20.4 Å². The van der Waals surface area contributed by atoms with E-state index in [1.54, 1.807) is 0 Å². The summed E-state index contributed by atoms with van der Waals surface area (Å²) >= 11 is 0. The predicted molar refractivity (Wildman–Crippen MR) is 135 cm³/mol. The van der Waals surface area contributed by atoms with Crippen LogP contribution >= 0.6 is 0 Å². The van der Waals surface area contributed by atoms with Gasteiger partial charge < -0.3 is 20.4 Å². The van der Waals surface area contributed by atoms with Crippen molar-refractivity contribution in [1.82, 2.24) is 0 Å². The molecule has 0 aromatic rings. The maximum absolute atomic E-state index is 11.7. The summed E-state index contributed by atoms with van der Waals surface area (Å²) in [7, 11) is 0. The van der Waals surface area contributed by atoms with Gasteiger partial charge in [0.05, 0.1) is 25.4 Å². The van der Waals surface area contributed by atoms with Crippen LogP contribution in [0.25, 0.3) is 0 Å². The van der Waals surface area contributed by atoms with Crippen molar-refractivity contribution in [3.05, 3.63) is 12.2 Å². The Morgan fingerprint density at radius 2 is 1.50 bits per heavy atom. The lowest BCUT2D eigenvalue weighted by atomic mass is 9.32. The molecule has 0 radical (unpaired) electrons. The Labute approximate surface area is 207 Å². The van der Waals surface area contributed by atoms with Gasteiger partial charge in [0, 0.05) is 10.8 Å². The van der Waals surface area contributed by atoms with E-state index in [0.29, 0.717) is 29.6 Å². The molecule has 0 bridgehead atoms. The van der Waals surface area contributed by atoms with Crippen LogP contribution in [0.15, 0.2) is 12.2 Å². The molecular weight excluding hydrogens is 424 g/mol. The molecule has 0 unspecified atom stereocenters. The molecule has 5 aliphatic rings. The third-order valence-electron chi connectivity index (χ3n) is 13.7. The number of aliphatic hydroxyl groups excluding tert-OH is 4. The summed E-state index contributed by atoms with van der Waals surface area (Å²) in [5.41, 5.74) is 0.627. The molecule has 0 heterocycles. The monoisotopic (exact) mass is 474 g/mol. The lowest BCUT2D eigenvalue weighted by Crippen LogP contribution is -2.69. The highest BCUT2D eigenvalue weighted by Crippen LogP contribution is 2.77. The highest BCUT2D eigenvalue weighted by atomic mass is 16.3. The summed E-state index contributed by atoms with van der Waals surface area (Å²) in [5, 5.41) is 43.7. The van der Waals surface area contributed by atoms with Gasteiger partial charge in [-0.05, 0) is 111 Å². The van der Waals surface area contributed by atoms with Crippen molar-refractivity contribution in [1.29, 1.82) is 0 Å². The van der Waals surface area contributed by atoms with Crippen molar-refractivity contribution in [2.75, 3.05) is 13.2 Å². The number of hydrogen-bond acceptors (Lipinski definition) is 4. The van der Waals surface area contributed by atoms with E-state index < -0.39 is 17.6 Å². The maximum atomic E-state index is 11.7. The molecule has 0 saturated heterocycles. The second kappa shape index (κ2) is 7.79. The topological polar surface area (TPSA) is 80.9 Å². The third-order valence-corrected chi connectivity index (χ3v) is 13.7. The summed E-state index contributed by atoms with van der Waals surface area (Å²) in [6, 6.07) is 0. The van der Waals surface area contributed by atoms with Gasteiger partial charge in [-0.15, -0.1) is 0 Å². The number of rotatable bonds is 3. The minimum atomic E-state index is -0.468. The zero-order valence-corrected chi connectivity index (χ0v) is 22.3. The molecule has 5 saturated carbocycles. The van der Waals surface area contributed by atoms with Crippen molar-refractivity contribution in [2.45, 2.75) is 105 Å². The van der Waals surface area contributed by atoms with E-state index in [-0.39, 0.29) is 34.9 Å². The Bertz CT molecular complexity index is 842. The van der Waals surface area contributed by atoms with E-state index in [4.69, 9.17) is 0 Å². The summed E-state index contributed by atoms with van der Waals surface area (Å²) in [5.74, 6) is 2.04. The van der Waals surface area contributed by atoms with Gasteiger partial charge in [-0.1, -0.05) is 39.8 Å². The SMILES string of the molecule is C=C(C)[C@@H]1CC[C@@]2(CO)[C@H]1[C@H]1CC[C@@H]3[C@@]4(C)CC[C@H](O)[C@@](C)(CO)[C@@H]4CC[C@@]3(C)[C@]1(C)C[C@@H]2O. The van der Waals surface area contributed by atoms with Crippen LogP contribution in [-0.4, -0.2) is 45.8 Å². The van der Waals surface area contributed by atoms with Crippen LogP contribution in [-0.2, 0) is 0 Å². The first-order chi connectivity index (χ1) is 15.9. The second-order valence-electron chi connectivity index (χ2n) is 14.5. The van der Waals surface area contributed by atoms with Crippen LogP contribution in [0.3, 0.4) is 0 Å². The standard InChI is InChI=1S/C30H50O4/c1-18(2)19-9-14-30(17-32)24(34)15-29(6)20(25(19)30)7-8-22-26(3)12-11-23(33)27(4,16-31)21(26)10-13-28(22,29)5/h19-25,31-34H,1,7-17H2,2-6H3/t19-,20+,21+,22+,23-,24-,25+,26-,27-,28+,29+,30-/m0/s1. The summed E-state index contributed by atoms with van der Waals surface area (Å²) in [4.78, 5) is 0. The van der Waals surface area contributed by atoms with E-state index in [0.717, 1.165) is 51.4 Å². The summed E-state index contributed by atoms with van der Waals surface area (Å²) < 4.78 is 0. The quantitative estimate of drug-likeness (QED) is 0.437. The van der Waals surface area contributed by atoms with Crippen LogP contribution in [0.4, 0.5) is 0 Å². The Balaban J connectivity index is 1.58. The maximum Gasteiger partial charge on any atom is 0.0626 e. The molecular formula is C30H50O4. The van der Waals surface area contributed by atoms with Crippen LogP contribution < -0.4 is 0 Å². The minimum absolute atomic E-state index is 0.0103. The molecule has 0 spiro atoms. The second-order valence-corrected chi connectivity index (χ2v) is 14.5. The Kier molecular flexibility index (Phi) is 5.78. The van der Waals surface area contributed by atoms with Gasteiger partial charge in [-0.25, -0.2) is 0 Å². The first-order valence-electron chi connectivity index (χ1n) is 14.1. The fraction of sp³-hybridized carbons (Fsp3) is 0.933. The number of aliphatic hydroxyl groups is 4. The molecule has 0 aromatic heterocycles. The molecule has 0 aromatic carbocycles. The Hall–Kier alpha value is -0.420. The first kappa shape index (κ1) is 25.2. The molecule has 4 heteroatoms. The smallest absolute Gasteiger partial charge is 0.0626 e. The molecule has 4 nitrogen and oxygen atoms in total. The number of hydrogen-bond donors (Lipinski definition) is 4. The minimum Gasteiger partial charge on any atom is -0.396 e. The van der Waals surface area contributed by atoms with Crippen molar-refractivity contribution in [3.63, 3.8) is 0 Å². The third kappa shape index (κ3) is 2.81. The molecule has 34 heavy (non-hydrogen) atoms. The lowest BCUT2D eigenvalue weighted by Gasteiger charge is -2.73. The van der Waals surface area contributed by atoms with Crippen LogP contribution in [0, 0.1) is 56.7 Å². The zero-order valence-electron chi connectivity index (χ0n) is 22.3. The van der Waals surface area contributed by atoms with Crippen LogP contribution in [0.5, 0.6) is 0 Å². The van der Waals surface area contributed by atoms with E-state index in [2.05, 4.69) is 41.2 Å². The van der Waals surface area contributed by atoms with Crippen LogP contribution in [0.1, 0.15) is 92.4 Å². The predicted octanol–water partition coefficient (Wildman–Crippen LogP) is 4.94. The van der Waals surface area contributed by atoms with Gasteiger partial charge in [0.1, 0.15) is 0 Å². The van der Waals surface area contributed by atoms with Gasteiger partial charge in [-0.3, -0.25) is 0 Å². The molecule has 5 rings (SSSR count). The fourth-order valence-corrected chi connectivity index (χ4v) is 11.6. The molecule has 5 fully saturated rings. The summed E-state index contributed by atoms with van der Waals surface area (Å²) in [6.07, 6.45) is 8.09. The van der Waals surface area contributed by atoms with Crippen molar-refractivity contribution in [2.24, 2.45) is 56.7 Å². The van der Waals surface area contributed by atoms with E-state index in [9.17, 15) is 20.4 Å². The van der Waals surface area contributed by atoms with Crippen molar-refractivity contribution >= 4 is 0 Å². The number of fused-ring (bicyclic) bond motifs is 7. The van der Waals surface area contributed by atoms with Gasteiger partial charge in [0.15, 0.2) is 0 Å². The largest absolute Gasteiger partial charge is 0.396 e. The molecule has 0 aliphatic heterocycles. The molecule has 0 amide bonds. The normalized spacial score (nSPS) is 58.9. The highest BCUT2D eigenvalue weighted by molar-refractivity contribution is 5.23. The van der Waals surface area contributed by atoms with Gasteiger partial charge in [-0.2, -0.15) is 0 Å². The van der Waals surface area contributed by atoms with E-state index >= 15 is 0 Å². The van der Waals surface area contributed by atoms with Gasteiger partial charge in [0.2, 0.25) is 0 Å². The average molecular weight is 475 g/mol. The van der Waals surface area contributed by atoms with Gasteiger partial charge in [0.25, 0.3) is 0 Å². The highest BCUT2D eigenvalue weighted by Gasteiger charge is 2.72. The molecule has 12 atom stereocenters. The molecule has 5 aliphatic carbocycles. The average Bonchev–Trinajstić information content (AvgIpc) is 3.19. The zero-order chi connectivity index (χ0) is 24.9. The summed E-state index contributed by atoms with van der Waals surface area (Å²) in [6.45, 7) is 16.2. The molecule has 194 valence electrons. The fourth-order valence-electron chi connectivity index (χ4n) is 11.6. The van der Waals surface area contributed by atoms with E-state index in [1.807, 2.05) is 0 Å². The number of allylic oxidation sites excluding steroid dienone is 1. The first-order valence-corrected chi connectivity index (χ1v) is 14.1. The van der Waals surface area contributed by atoms with Crippen molar-refractivity contribution in [3.8, 4) is 0 Å². The Morgan fingerprint density at radius 3 is 2.12 bits per heavy atom. The lowest BCUT2D eigenvalue weighted by molar-refractivity contribution is -0.270. The Morgan fingerprint density at radius 1 is 0.794 bits per heavy atom. The van der Waals surface area contributed by atoms with Crippen LogP contribution in [0.2, 0.25) is 0 Å². The molecule has 4 N–H and O–H groups in total.